The number of nitrogens with zero attached hydrogens (tertiary/aromatic N) is 2. The number of hydrogen-bond acceptors (Lipinski definition) is 4. The maximum atomic E-state index is 13.2. The van der Waals surface area contributed by atoms with Crippen molar-refractivity contribution in [3.05, 3.63) is 52.7 Å². The van der Waals surface area contributed by atoms with Crippen molar-refractivity contribution in [2.45, 2.75) is 19.3 Å². The molecule has 24 heavy (non-hydrogen) atoms. The number of carbonyl (C=O) groups excluding carboxylic acids is 1. The van der Waals surface area contributed by atoms with Gasteiger partial charge in [0, 0.05) is 31.3 Å². The van der Waals surface area contributed by atoms with Crippen LogP contribution in [0.5, 0.6) is 0 Å². The zero-order valence-corrected chi connectivity index (χ0v) is 13.2. The smallest absolute Gasteiger partial charge is 0.266 e. The first kappa shape index (κ1) is 16.2. The lowest BCUT2D eigenvalue weighted by molar-refractivity contribution is -0.117. The lowest BCUT2D eigenvalue weighted by Gasteiger charge is -2.33. The first-order valence-corrected chi connectivity index (χ1v) is 7.95. The summed E-state index contributed by atoms with van der Waals surface area (Å²) in [5, 5.41) is 8.90. The molecule has 1 amide bonds. The van der Waals surface area contributed by atoms with E-state index in [1.165, 1.54) is 18.2 Å². The number of aromatic nitrogens is 2. The molecule has 3 rings (SSSR count). The van der Waals surface area contributed by atoms with Crippen LogP contribution in [-0.2, 0) is 4.79 Å². The highest BCUT2D eigenvalue weighted by Gasteiger charge is 2.23. The molecule has 0 aliphatic carbocycles. The van der Waals surface area contributed by atoms with E-state index in [9.17, 15) is 14.0 Å². The molecule has 1 aromatic carbocycles. The van der Waals surface area contributed by atoms with Gasteiger partial charge in [-0.3, -0.25) is 9.59 Å². The van der Waals surface area contributed by atoms with Crippen molar-refractivity contribution < 1.29 is 9.18 Å². The Morgan fingerprint density at radius 3 is 3.08 bits per heavy atom. The van der Waals surface area contributed by atoms with Crippen LogP contribution in [0.3, 0.4) is 0 Å². The second-order valence-corrected chi connectivity index (χ2v) is 6.02. The van der Waals surface area contributed by atoms with Gasteiger partial charge in [0.2, 0.25) is 5.91 Å². The Bertz CT molecular complexity index is 777. The number of nitrogens with one attached hydrogen (secondary N) is 2. The van der Waals surface area contributed by atoms with Gasteiger partial charge < -0.3 is 10.2 Å². The molecular formula is C17H19FN4O2. The summed E-state index contributed by atoms with van der Waals surface area (Å²) >= 11 is 0. The Morgan fingerprint density at radius 2 is 2.29 bits per heavy atom. The zero-order valence-electron chi connectivity index (χ0n) is 13.2. The number of halogens is 1. The quantitative estimate of drug-likeness (QED) is 0.900. The van der Waals surface area contributed by atoms with Crippen LogP contribution in [0, 0.1) is 11.7 Å². The van der Waals surface area contributed by atoms with E-state index in [0.717, 1.165) is 25.1 Å². The van der Waals surface area contributed by atoms with E-state index in [0.29, 0.717) is 18.7 Å². The maximum Gasteiger partial charge on any atom is 0.266 e. The molecule has 7 heteroatoms. The van der Waals surface area contributed by atoms with Crippen molar-refractivity contribution in [2.75, 3.05) is 23.3 Å². The van der Waals surface area contributed by atoms with E-state index in [1.807, 2.05) is 0 Å². The number of amides is 1. The van der Waals surface area contributed by atoms with Gasteiger partial charge in [-0.1, -0.05) is 6.07 Å². The van der Waals surface area contributed by atoms with Crippen molar-refractivity contribution >= 4 is 17.3 Å². The van der Waals surface area contributed by atoms with Gasteiger partial charge in [0.1, 0.15) is 5.82 Å². The van der Waals surface area contributed by atoms with E-state index in [2.05, 4.69) is 20.4 Å². The molecule has 6 nitrogen and oxygen atoms in total. The highest BCUT2D eigenvalue weighted by molar-refractivity contribution is 5.90. The fraction of sp³-hybridized carbons (Fsp3) is 0.353. The van der Waals surface area contributed by atoms with Gasteiger partial charge >= 0.3 is 0 Å². The molecule has 1 atom stereocenters. The number of rotatable bonds is 4. The van der Waals surface area contributed by atoms with Crippen LogP contribution in [0.15, 0.2) is 41.3 Å². The standard InChI is InChI=1S/C17H19FN4O2/c18-13-4-1-5-14(8-13)20-16(23)7-12-3-2-6-22(11-12)15-9-17(24)21-19-10-15/h1,4-5,8-10,12H,2-3,6-7,11H2,(H,20,23)(H,21,24). The van der Waals surface area contributed by atoms with Gasteiger partial charge in [-0.05, 0) is 37.0 Å². The second kappa shape index (κ2) is 7.25. The van der Waals surface area contributed by atoms with Crippen LogP contribution in [0.25, 0.3) is 0 Å². The largest absolute Gasteiger partial charge is 0.370 e. The van der Waals surface area contributed by atoms with Crippen LogP contribution < -0.4 is 15.8 Å². The molecular weight excluding hydrogens is 311 g/mol. The Hall–Kier alpha value is -2.70. The van der Waals surface area contributed by atoms with E-state index in [-0.39, 0.29) is 23.2 Å². The third kappa shape index (κ3) is 4.18. The van der Waals surface area contributed by atoms with Gasteiger partial charge in [0.05, 0.1) is 11.9 Å². The van der Waals surface area contributed by atoms with Crippen LogP contribution in [0.4, 0.5) is 15.8 Å². The number of aromatic amines is 1. The van der Waals surface area contributed by atoms with E-state index in [1.54, 1.807) is 18.3 Å². The number of anilines is 2. The fourth-order valence-electron chi connectivity index (χ4n) is 3.05. The van der Waals surface area contributed by atoms with Gasteiger partial charge in [0.25, 0.3) is 5.56 Å². The summed E-state index contributed by atoms with van der Waals surface area (Å²) < 4.78 is 13.2. The first-order chi connectivity index (χ1) is 11.6. The van der Waals surface area contributed by atoms with Crippen molar-refractivity contribution in [1.29, 1.82) is 0 Å². The predicted octanol–water partition coefficient (Wildman–Crippen LogP) is 2.15. The summed E-state index contributed by atoms with van der Waals surface area (Å²) in [6.45, 7) is 1.54. The topological polar surface area (TPSA) is 78.1 Å². The monoisotopic (exact) mass is 330 g/mol. The SMILES string of the molecule is O=C(CC1CCCN(c2cn[nH]c(=O)c2)C1)Nc1cccc(F)c1. The Kier molecular flexibility index (Phi) is 4.88. The average molecular weight is 330 g/mol. The van der Waals surface area contributed by atoms with Gasteiger partial charge in [0.15, 0.2) is 0 Å². The molecule has 1 aromatic heterocycles. The Balaban J connectivity index is 1.59. The molecule has 1 saturated heterocycles. The highest BCUT2D eigenvalue weighted by atomic mass is 19.1. The molecule has 1 aliphatic heterocycles. The van der Waals surface area contributed by atoms with Crippen LogP contribution in [0.1, 0.15) is 19.3 Å². The summed E-state index contributed by atoms with van der Waals surface area (Å²) in [5.74, 6) is -0.318. The van der Waals surface area contributed by atoms with Gasteiger partial charge in [-0.25, -0.2) is 9.49 Å². The molecule has 2 N–H and O–H groups in total. The molecule has 2 heterocycles. The number of piperidine rings is 1. The number of benzene rings is 1. The lowest BCUT2D eigenvalue weighted by Crippen LogP contribution is -2.37. The lowest BCUT2D eigenvalue weighted by atomic mass is 9.94. The summed E-state index contributed by atoms with van der Waals surface area (Å²) in [6.07, 6.45) is 3.88. The van der Waals surface area contributed by atoms with Crippen molar-refractivity contribution in [3.63, 3.8) is 0 Å². The molecule has 2 aromatic rings. The maximum absolute atomic E-state index is 13.2. The Labute approximate surface area is 138 Å². The predicted molar refractivity (Wildman–Crippen MR) is 89.4 cm³/mol. The number of hydrogen-bond donors (Lipinski definition) is 2. The normalized spacial score (nSPS) is 17.5. The molecule has 1 unspecified atom stereocenters. The van der Waals surface area contributed by atoms with E-state index >= 15 is 0 Å². The summed E-state index contributed by atoms with van der Waals surface area (Å²) in [7, 11) is 0. The molecule has 0 bridgehead atoms. The zero-order chi connectivity index (χ0) is 16.9. The molecule has 0 radical (unpaired) electrons. The first-order valence-electron chi connectivity index (χ1n) is 7.95. The van der Waals surface area contributed by atoms with Crippen molar-refractivity contribution in [2.24, 2.45) is 5.92 Å². The Morgan fingerprint density at radius 1 is 1.42 bits per heavy atom. The fourth-order valence-corrected chi connectivity index (χ4v) is 3.05. The van der Waals surface area contributed by atoms with Crippen LogP contribution in [0.2, 0.25) is 0 Å². The van der Waals surface area contributed by atoms with E-state index in [4.69, 9.17) is 0 Å². The van der Waals surface area contributed by atoms with E-state index < -0.39 is 0 Å². The third-order valence-electron chi connectivity index (χ3n) is 4.12. The summed E-state index contributed by atoms with van der Waals surface area (Å²) in [6, 6.07) is 7.38. The summed E-state index contributed by atoms with van der Waals surface area (Å²) in [5.41, 5.74) is 0.999. The average Bonchev–Trinajstić information content (AvgIpc) is 2.55. The number of carbonyl (C=O) groups is 1. The molecule has 126 valence electrons. The van der Waals surface area contributed by atoms with Gasteiger partial charge in [-0.2, -0.15) is 5.10 Å². The minimum atomic E-state index is -0.376. The third-order valence-corrected chi connectivity index (χ3v) is 4.12. The van der Waals surface area contributed by atoms with Crippen LogP contribution >= 0.6 is 0 Å². The molecule has 0 spiro atoms. The highest BCUT2D eigenvalue weighted by Crippen LogP contribution is 2.24. The minimum absolute atomic E-state index is 0.128. The number of H-pyrrole nitrogens is 1. The van der Waals surface area contributed by atoms with Crippen molar-refractivity contribution in [3.8, 4) is 0 Å². The minimum Gasteiger partial charge on any atom is -0.370 e. The second-order valence-electron chi connectivity index (χ2n) is 6.02. The molecule has 0 saturated carbocycles. The summed E-state index contributed by atoms with van der Waals surface area (Å²) in [4.78, 5) is 25.6. The van der Waals surface area contributed by atoms with Crippen LogP contribution in [-0.4, -0.2) is 29.2 Å². The molecule has 1 aliphatic rings. The molecule has 1 fully saturated rings. The van der Waals surface area contributed by atoms with Crippen molar-refractivity contribution in [1.82, 2.24) is 10.2 Å². The van der Waals surface area contributed by atoms with Gasteiger partial charge in [-0.15, -0.1) is 0 Å².